The van der Waals surface area contributed by atoms with Crippen LogP contribution >= 0.6 is 0 Å². The molecule has 0 saturated carbocycles. The molecular formula is C10H13N3O. The number of para-hydroxylation sites is 1. The minimum Gasteiger partial charge on any atom is -0.506 e. The van der Waals surface area contributed by atoms with Gasteiger partial charge in [-0.1, -0.05) is 6.07 Å². The molecule has 4 nitrogen and oxygen atoms in total. The van der Waals surface area contributed by atoms with Crippen LogP contribution in [0.1, 0.15) is 19.9 Å². The zero-order valence-corrected chi connectivity index (χ0v) is 8.23. The fourth-order valence-electron chi connectivity index (χ4n) is 1.67. The van der Waals surface area contributed by atoms with E-state index in [1.807, 2.05) is 24.5 Å². The molecule has 1 aromatic carbocycles. The highest BCUT2D eigenvalue weighted by molar-refractivity contribution is 5.84. The number of hydrogen-bond acceptors (Lipinski definition) is 3. The molecule has 1 aromatic heterocycles. The van der Waals surface area contributed by atoms with E-state index in [0.29, 0.717) is 11.5 Å². The first-order valence-electron chi connectivity index (χ1n) is 4.56. The minimum atomic E-state index is 0.188. The van der Waals surface area contributed by atoms with Gasteiger partial charge in [0.2, 0.25) is 5.95 Å². The number of anilines is 1. The van der Waals surface area contributed by atoms with Crippen LogP contribution in [0, 0.1) is 0 Å². The van der Waals surface area contributed by atoms with Crippen molar-refractivity contribution in [2.45, 2.75) is 19.9 Å². The van der Waals surface area contributed by atoms with Crippen molar-refractivity contribution in [1.29, 1.82) is 0 Å². The molecule has 0 aliphatic heterocycles. The molecule has 0 unspecified atom stereocenters. The molecule has 74 valence electrons. The lowest BCUT2D eigenvalue weighted by molar-refractivity contribution is 0.475. The van der Waals surface area contributed by atoms with Crippen molar-refractivity contribution in [3.63, 3.8) is 0 Å². The van der Waals surface area contributed by atoms with Gasteiger partial charge >= 0.3 is 0 Å². The predicted octanol–water partition coefficient (Wildman–Crippen LogP) is 1.90. The van der Waals surface area contributed by atoms with Gasteiger partial charge in [0.15, 0.2) is 0 Å². The summed E-state index contributed by atoms with van der Waals surface area (Å²) in [7, 11) is 0. The third kappa shape index (κ3) is 1.11. The van der Waals surface area contributed by atoms with Crippen molar-refractivity contribution in [3.05, 3.63) is 18.2 Å². The minimum absolute atomic E-state index is 0.188. The number of aromatic nitrogens is 2. The van der Waals surface area contributed by atoms with Crippen LogP contribution in [0.5, 0.6) is 5.75 Å². The second kappa shape index (κ2) is 2.90. The van der Waals surface area contributed by atoms with Gasteiger partial charge < -0.3 is 15.4 Å². The van der Waals surface area contributed by atoms with Gasteiger partial charge in [0.25, 0.3) is 0 Å². The molecule has 1 heterocycles. The van der Waals surface area contributed by atoms with E-state index in [9.17, 15) is 5.11 Å². The zero-order chi connectivity index (χ0) is 10.3. The van der Waals surface area contributed by atoms with Crippen molar-refractivity contribution in [2.75, 3.05) is 5.73 Å². The molecule has 0 bridgehead atoms. The number of rotatable bonds is 1. The number of benzene rings is 1. The van der Waals surface area contributed by atoms with Gasteiger partial charge in [-0.15, -0.1) is 0 Å². The summed E-state index contributed by atoms with van der Waals surface area (Å²) in [5.41, 5.74) is 7.20. The highest BCUT2D eigenvalue weighted by Crippen LogP contribution is 2.29. The van der Waals surface area contributed by atoms with Gasteiger partial charge in [-0.3, -0.25) is 0 Å². The average Bonchev–Trinajstić information content (AvgIpc) is 2.42. The summed E-state index contributed by atoms with van der Waals surface area (Å²) < 4.78 is 1.82. The summed E-state index contributed by atoms with van der Waals surface area (Å²) in [5, 5.41) is 9.70. The maximum Gasteiger partial charge on any atom is 0.201 e. The van der Waals surface area contributed by atoms with Crippen molar-refractivity contribution in [2.24, 2.45) is 0 Å². The van der Waals surface area contributed by atoms with Crippen LogP contribution in [0.4, 0.5) is 5.95 Å². The van der Waals surface area contributed by atoms with E-state index in [2.05, 4.69) is 4.98 Å². The van der Waals surface area contributed by atoms with Crippen LogP contribution in [-0.4, -0.2) is 14.7 Å². The molecular weight excluding hydrogens is 178 g/mol. The van der Waals surface area contributed by atoms with Gasteiger partial charge in [0, 0.05) is 6.04 Å². The van der Waals surface area contributed by atoms with Crippen molar-refractivity contribution in [1.82, 2.24) is 9.55 Å². The Bertz CT molecular complexity index is 473. The summed E-state index contributed by atoms with van der Waals surface area (Å²) in [6, 6.07) is 5.43. The molecule has 0 atom stereocenters. The Kier molecular flexibility index (Phi) is 1.84. The van der Waals surface area contributed by atoms with Gasteiger partial charge in [-0.25, -0.2) is 4.98 Å². The highest BCUT2D eigenvalue weighted by atomic mass is 16.3. The Morgan fingerprint density at radius 3 is 2.79 bits per heavy atom. The fraction of sp³-hybridized carbons (Fsp3) is 0.300. The molecule has 0 fully saturated rings. The monoisotopic (exact) mass is 191 g/mol. The van der Waals surface area contributed by atoms with Crippen LogP contribution in [0.25, 0.3) is 11.0 Å². The number of imidazole rings is 1. The Morgan fingerprint density at radius 1 is 1.43 bits per heavy atom. The smallest absolute Gasteiger partial charge is 0.201 e. The van der Waals surface area contributed by atoms with Crippen LogP contribution in [0.2, 0.25) is 0 Å². The van der Waals surface area contributed by atoms with Crippen LogP contribution in [0.3, 0.4) is 0 Å². The molecule has 0 spiro atoms. The third-order valence-electron chi connectivity index (χ3n) is 2.23. The van der Waals surface area contributed by atoms with Crippen molar-refractivity contribution < 1.29 is 5.11 Å². The third-order valence-corrected chi connectivity index (χ3v) is 2.23. The number of phenols is 1. The standard InChI is InChI=1S/C10H13N3O/c1-6(2)13-9-7(12-10(13)11)4-3-5-8(9)14/h3-6,14H,1-2H3,(H2,11,12). The maximum atomic E-state index is 9.70. The first kappa shape index (κ1) is 8.87. The first-order chi connectivity index (χ1) is 6.61. The van der Waals surface area contributed by atoms with Crippen molar-refractivity contribution >= 4 is 17.0 Å². The summed E-state index contributed by atoms with van der Waals surface area (Å²) in [5.74, 6) is 0.664. The lowest BCUT2D eigenvalue weighted by Crippen LogP contribution is -2.05. The van der Waals surface area contributed by atoms with Crippen LogP contribution in [0.15, 0.2) is 18.2 Å². The Hall–Kier alpha value is -1.71. The maximum absolute atomic E-state index is 9.70. The number of hydrogen-bond donors (Lipinski definition) is 2. The number of fused-ring (bicyclic) bond motifs is 1. The molecule has 0 amide bonds. The largest absolute Gasteiger partial charge is 0.506 e. The molecule has 0 saturated heterocycles. The van der Waals surface area contributed by atoms with Crippen molar-refractivity contribution in [3.8, 4) is 5.75 Å². The summed E-state index contributed by atoms with van der Waals surface area (Å²) in [6.45, 7) is 4.01. The van der Waals surface area contributed by atoms with E-state index in [0.717, 1.165) is 5.52 Å². The Balaban J connectivity index is 2.86. The first-order valence-corrected chi connectivity index (χ1v) is 4.56. The number of phenolic OH excluding ortho intramolecular Hbond substituents is 1. The SMILES string of the molecule is CC(C)n1c(N)nc2cccc(O)c21. The van der Waals surface area contributed by atoms with Gasteiger partial charge in [-0.05, 0) is 26.0 Å². The van der Waals surface area contributed by atoms with Gasteiger partial charge in [0.1, 0.15) is 11.3 Å². The number of aromatic hydroxyl groups is 1. The van der Waals surface area contributed by atoms with E-state index in [1.165, 1.54) is 0 Å². The average molecular weight is 191 g/mol. The van der Waals surface area contributed by atoms with E-state index in [4.69, 9.17) is 5.73 Å². The fourth-order valence-corrected chi connectivity index (χ4v) is 1.67. The lowest BCUT2D eigenvalue weighted by Gasteiger charge is -2.10. The second-order valence-electron chi connectivity index (χ2n) is 3.58. The van der Waals surface area contributed by atoms with Crippen LogP contribution in [-0.2, 0) is 0 Å². The lowest BCUT2D eigenvalue weighted by atomic mass is 10.2. The van der Waals surface area contributed by atoms with Gasteiger partial charge in [0.05, 0.1) is 5.52 Å². The topological polar surface area (TPSA) is 64.1 Å². The molecule has 0 radical (unpaired) electrons. The normalized spacial score (nSPS) is 11.4. The molecule has 2 rings (SSSR count). The van der Waals surface area contributed by atoms with E-state index in [1.54, 1.807) is 12.1 Å². The summed E-state index contributed by atoms with van der Waals surface area (Å²) in [6.07, 6.45) is 0. The number of nitrogen functional groups attached to an aromatic ring is 1. The Labute approximate surface area is 82.0 Å². The van der Waals surface area contributed by atoms with Crippen LogP contribution < -0.4 is 5.73 Å². The number of nitrogens with zero attached hydrogens (tertiary/aromatic N) is 2. The summed E-state index contributed by atoms with van der Waals surface area (Å²) >= 11 is 0. The van der Waals surface area contributed by atoms with E-state index < -0.39 is 0 Å². The zero-order valence-electron chi connectivity index (χ0n) is 8.23. The second-order valence-corrected chi connectivity index (χ2v) is 3.58. The predicted molar refractivity (Wildman–Crippen MR) is 56.2 cm³/mol. The molecule has 14 heavy (non-hydrogen) atoms. The summed E-state index contributed by atoms with van der Waals surface area (Å²) in [4.78, 5) is 4.18. The molecule has 0 aliphatic carbocycles. The molecule has 0 aliphatic rings. The Morgan fingerprint density at radius 2 is 2.14 bits per heavy atom. The molecule has 4 heteroatoms. The number of nitrogens with two attached hydrogens (primary N) is 1. The highest BCUT2D eigenvalue weighted by Gasteiger charge is 2.13. The molecule has 2 aromatic rings. The quantitative estimate of drug-likeness (QED) is 0.723. The van der Waals surface area contributed by atoms with Gasteiger partial charge in [-0.2, -0.15) is 0 Å². The van der Waals surface area contributed by atoms with E-state index >= 15 is 0 Å². The molecule has 3 N–H and O–H groups in total. The van der Waals surface area contributed by atoms with E-state index in [-0.39, 0.29) is 11.8 Å².